The molecule has 2 aromatic carbocycles. The smallest absolute Gasteiger partial charge is 0.259 e. The van der Waals surface area contributed by atoms with Crippen LogP contribution >= 0.6 is 11.6 Å². The van der Waals surface area contributed by atoms with E-state index in [0.717, 1.165) is 17.8 Å². The average Bonchev–Trinajstić information content (AvgIpc) is 3.23. The van der Waals surface area contributed by atoms with Gasteiger partial charge in [0.2, 0.25) is 0 Å². The molecule has 3 aromatic rings. The third-order valence-electron chi connectivity index (χ3n) is 4.84. The van der Waals surface area contributed by atoms with Crippen LogP contribution in [0.4, 0.5) is 5.69 Å². The van der Waals surface area contributed by atoms with Crippen LogP contribution in [0.15, 0.2) is 54.7 Å². The molecule has 0 fully saturated rings. The molecule has 1 aromatic heterocycles. The molecule has 0 aliphatic heterocycles. The van der Waals surface area contributed by atoms with E-state index in [4.69, 9.17) is 16.3 Å². The van der Waals surface area contributed by atoms with E-state index < -0.39 is 0 Å². The van der Waals surface area contributed by atoms with Crippen molar-refractivity contribution in [2.75, 3.05) is 25.1 Å². The Kier molecular flexibility index (Phi) is 8.41. The van der Waals surface area contributed by atoms with E-state index in [1.165, 1.54) is 0 Å². The van der Waals surface area contributed by atoms with Crippen LogP contribution in [0.3, 0.4) is 0 Å². The summed E-state index contributed by atoms with van der Waals surface area (Å²) in [7, 11) is 0. The van der Waals surface area contributed by atoms with Crippen LogP contribution in [-0.2, 0) is 11.2 Å². The van der Waals surface area contributed by atoms with Crippen molar-refractivity contribution in [3.05, 3.63) is 76.6 Å². The lowest BCUT2D eigenvalue weighted by Crippen LogP contribution is -2.25. The molecule has 0 atom stereocenters. The zero-order valence-corrected chi connectivity index (χ0v) is 19.0. The number of benzene rings is 2. The van der Waals surface area contributed by atoms with Gasteiger partial charge in [-0.1, -0.05) is 30.7 Å². The lowest BCUT2D eigenvalue weighted by Gasteiger charge is -2.10. The van der Waals surface area contributed by atoms with Gasteiger partial charge in [0.15, 0.2) is 0 Å². The normalized spacial score (nSPS) is 10.7. The minimum absolute atomic E-state index is 0.194. The van der Waals surface area contributed by atoms with Gasteiger partial charge in [-0.15, -0.1) is 0 Å². The Morgan fingerprint density at radius 1 is 1.09 bits per heavy atom. The number of carbonyl (C=O) groups excluding carboxylic acids is 2. The summed E-state index contributed by atoms with van der Waals surface area (Å²) in [6.45, 7) is 5.69. The summed E-state index contributed by atoms with van der Waals surface area (Å²) in [4.78, 5) is 25.3. The van der Waals surface area contributed by atoms with Crippen LogP contribution in [0.5, 0.6) is 0 Å². The summed E-state index contributed by atoms with van der Waals surface area (Å²) in [5.74, 6) is -0.481. The second-order valence-corrected chi connectivity index (χ2v) is 7.53. The molecule has 32 heavy (non-hydrogen) atoms. The number of hydrogen-bond donors (Lipinski definition) is 2. The molecule has 0 radical (unpaired) electrons. The number of anilines is 1. The fourth-order valence-corrected chi connectivity index (χ4v) is 3.48. The van der Waals surface area contributed by atoms with Crippen LogP contribution in [0.1, 0.15) is 46.7 Å². The largest absolute Gasteiger partial charge is 0.382 e. The van der Waals surface area contributed by atoms with Crippen molar-refractivity contribution < 1.29 is 14.3 Å². The van der Waals surface area contributed by atoms with Crippen LogP contribution in [0, 0.1) is 0 Å². The molecular formula is C24H27ClN4O3. The summed E-state index contributed by atoms with van der Waals surface area (Å²) in [5.41, 5.74) is 3.04. The Hall–Kier alpha value is -3.16. The fraction of sp³-hybridized carbons (Fsp3) is 0.292. The predicted octanol–water partition coefficient (Wildman–Crippen LogP) is 4.50. The van der Waals surface area contributed by atoms with E-state index in [9.17, 15) is 9.59 Å². The number of ether oxygens (including phenoxy) is 1. The van der Waals surface area contributed by atoms with Crippen molar-refractivity contribution in [3.63, 3.8) is 0 Å². The summed E-state index contributed by atoms with van der Waals surface area (Å²) in [5, 5.41) is 10.7. The van der Waals surface area contributed by atoms with Crippen molar-refractivity contribution in [2.24, 2.45) is 0 Å². The van der Waals surface area contributed by atoms with E-state index in [1.54, 1.807) is 47.3 Å². The van der Waals surface area contributed by atoms with Gasteiger partial charge in [-0.25, -0.2) is 4.68 Å². The first-order chi connectivity index (χ1) is 15.5. The first-order valence-corrected chi connectivity index (χ1v) is 11.0. The van der Waals surface area contributed by atoms with E-state index in [2.05, 4.69) is 15.7 Å². The number of hydrogen-bond acceptors (Lipinski definition) is 4. The zero-order chi connectivity index (χ0) is 22.9. The number of amides is 2. The Bertz CT molecular complexity index is 1080. The van der Waals surface area contributed by atoms with Gasteiger partial charge in [0.25, 0.3) is 11.8 Å². The molecule has 3 rings (SSSR count). The third-order valence-corrected chi connectivity index (χ3v) is 5.07. The van der Waals surface area contributed by atoms with E-state index in [1.807, 2.05) is 26.0 Å². The van der Waals surface area contributed by atoms with E-state index in [0.29, 0.717) is 48.0 Å². The Labute approximate surface area is 192 Å². The van der Waals surface area contributed by atoms with Crippen LogP contribution in [0.2, 0.25) is 5.02 Å². The second kappa shape index (κ2) is 11.5. The maximum absolute atomic E-state index is 13.0. The molecule has 1 heterocycles. The molecular weight excluding hydrogens is 428 g/mol. The minimum atomic E-state index is -0.288. The van der Waals surface area contributed by atoms with Gasteiger partial charge in [-0.05, 0) is 56.2 Å². The summed E-state index contributed by atoms with van der Waals surface area (Å²) < 4.78 is 6.98. The first kappa shape index (κ1) is 23.5. The van der Waals surface area contributed by atoms with Gasteiger partial charge in [0.05, 0.1) is 23.1 Å². The zero-order valence-electron chi connectivity index (χ0n) is 18.2. The van der Waals surface area contributed by atoms with Gasteiger partial charge < -0.3 is 15.4 Å². The Balaban J connectivity index is 1.70. The number of carbonyl (C=O) groups is 2. The fourth-order valence-electron chi connectivity index (χ4n) is 3.29. The molecule has 0 spiro atoms. The van der Waals surface area contributed by atoms with Gasteiger partial charge in [-0.3, -0.25) is 9.59 Å². The SMILES string of the molecule is CCOCCCNC(=O)c1cccc(NC(=O)c2cnn(-c3cccc(Cl)c3)c2CC)c1. The summed E-state index contributed by atoms with van der Waals surface area (Å²) in [6.07, 6.45) is 2.90. The Morgan fingerprint density at radius 2 is 1.91 bits per heavy atom. The van der Waals surface area contributed by atoms with Gasteiger partial charge in [0.1, 0.15) is 0 Å². The second-order valence-electron chi connectivity index (χ2n) is 7.09. The monoisotopic (exact) mass is 454 g/mol. The van der Waals surface area contributed by atoms with Gasteiger partial charge in [-0.2, -0.15) is 5.10 Å². The quantitative estimate of drug-likeness (QED) is 0.442. The number of halogens is 1. The molecule has 8 heteroatoms. The third kappa shape index (κ3) is 5.96. The van der Waals surface area contributed by atoms with Crippen LogP contribution in [-0.4, -0.2) is 41.4 Å². The van der Waals surface area contributed by atoms with Crippen molar-refractivity contribution in [3.8, 4) is 5.69 Å². The first-order valence-electron chi connectivity index (χ1n) is 10.6. The highest BCUT2D eigenvalue weighted by Crippen LogP contribution is 2.20. The molecule has 0 aliphatic carbocycles. The molecule has 0 saturated heterocycles. The maximum atomic E-state index is 13.0. The molecule has 7 nitrogen and oxygen atoms in total. The van der Waals surface area contributed by atoms with Gasteiger partial charge >= 0.3 is 0 Å². The summed E-state index contributed by atoms with van der Waals surface area (Å²) >= 11 is 6.10. The van der Waals surface area contributed by atoms with E-state index in [-0.39, 0.29) is 11.8 Å². The lowest BCUT2D eigenvalue weighted by atomic mass is 10.1. The average molecular weight is 455 g/mol. The van der Waals surface area contributed by atoms with Gasteiger partial charge in [0, 0.05) is 36.0 Å². The summed E-state index contributed by atoms with van der Waals surface area (Å²) in [6, 6.07) is 14.2. The lowest BCUT2D eigenvalue weighted by molar-refractivity contribution is 0.0943. The van der Waals surface area contributed by atoms with E-state index >= 15 is 0 Å². The molecule has 168 valence electrons. The van der Waals surface area contributed by atoms with Crippen molar-refractivity contribution >= 4 is 29.1 Å². The molecule has 0 unspecified atom stereocenters. The predicted molar refractivity (Wildman–Crippen MR) is 126 cm³/mol. The minimum Gasteiger partial charge on any atom is -0.382 e. The number of nitrogens with one attached hydrogen (secondary N) is 2. The van der Waals surface area contributed by atoms with Crippen molar-refractivity contribution in [1.29, 1.82) is 0 Å². The molecule has 0 saturated carbocycles. The standard InChI is InChI=1S/C24H27ClN4O3/c1-3-22-21(16-27-29(22)20-11-6-9-18(25)15-20)24(31)28-19-10-5-8-17(14-19)23(30)26-12-7-13-32-4-2/h5-6,8-11,14-16H,3-4,7,12-13H2,1-2H3,(H,26,30)(H,28,31). The molecule has 2 amide bonds. The highest BCUT2D eigenvalue weighted by atomic mass is 35.5. The van der Waals surface area contributed by atoms with Crippen molar-refractivity contribution in [2.45, 2.75) is 26.7 Å². The Morgan fingerprint density at radius 3 is 2.66 bits per heavy atom. The number of nitrogens with zero attached hydrogens (tertiary/aromatic N) is 2. The molecule has 0 aliphatic rings. The highest BCUT2D eigenvalue weighted by molar-refractivity contribution is 6.30. The molecule has 0 bridgehead atoms. The maximum Gasteiger partial charge on any atom is 0.259 e. The highest BCUT2D eigenvalue weighted by Gasteiger charge is 2.18. The number of rotatable bonds is 10. The van der Waals surface area contributed by atoms with Crippen LogP contribution in [0.25, 0.3) is 5.69 Å². The molecule has 2 N–H and O–H groups in total. The number of aromatic nitrogens is 2. The topological polar surface area (TPSA) is 85.2 Å². The van der Waals surface area contributed by atoms with Crippen molar-refractivity contribution in [1.82, 2.24) is 15.1 Å². The van der Waals surface area contributed by atoms with Crippen LogP contribution < -0.4 is 10.6 Å².